The number of nitrogens with zero attached hydrogens (tertiary/aromatic N) is 1. The van der Waals surface area contributed by atoms with Crippen LogP contribution < -0.4 is 16.4 Å². The molecule has 24 heavy (non-hydrogen) atoms. The Bertz CT molecular complexity index is 673. The summed E-state index contributed by atoms with van der Waals surface area (Å²) in [5, 5.41) is 4.84. The first kappa shape index (κ1) is 16.4. The molecule has 2 aliphatic heterocycles. The second-order valence-corrected chi connectivity index (χ2v) is 6.49. The van der Waals surface area contributed by atoms with E-state index in [1.54, 1.807) is 31.2 Å². The van der Waals surface area contributed by atoms with Gasteiger partial charge in [0.1, 0.15) is 5.54 Å². The van der Waals surface area contributed by atoms with Gasteiger partial charge in [-0.15, -0.1) is 0 Å². The van der Waals surface area contributed by atoms with Crippen LogP contribution in [0.15, 0.2) is 24.3 Å². The van der Waals surface area contributed by atoms with Crippen molar-refractivity contribution >= 4 is 17.8 Å². The van der Waals surface area contributed by atoms with Crippen LogP contribution in [-0.2, 0) is 10.3 Å². The Morgan fingerprint density at radius 1 is 1.29 bits per heavy atom. The van der Waals surface area contributed by atoms with Crippen molar-refractivity contribution in [2.75, 3.05) is 13.1 Å². The van der Waals surface area contributed by atoms with Gasteiger partial charge in [0.2, 0.25) is 0 Å². The third kappa shape index (κ3) is 2.75. The summed E-state index contributed by atoms with van der Waals surface area (Å²) in [6, 6.07) is 6.39. The molecule has 0 aliphatic carbocycles. The highest BCUT2D eigenvalue weighted by molar-refractivity contribution is 6.07. The van der Waals surface area contributed by atoms with Gasteiger partial charge in [-0.05, 0) is 43.9 Å². The van der Waals surface area contributed by atoms with Gasteiger partial charge in [-0.1, -0.05) is 12.1 Å². The Kier molecular flexibility index (Phi) is 4.28. The van der Waals surface area contributed by atoms with Crippen LogP contribution in [0, 0.1) is 0 Å². The zero-order chi connectivity index (χ0) is 17.3. The minimum atomic E-state index is -1.11. The molecule has 1 aromatic carbocycles. The Morgan fingerprint density at radius 2 is 2.00 bits per heavy atom. The van der Waals surface area contributed by atoms with Crippen LogP contribution in [0.1, 0.15) is 42.1 Å². The molecule has 2 saturated heterocycles. The number of nitrogens with two attached hydrogens (primary N) is 1. The van der Waals surface area contributed by atoms with Gasteiger partial charge in [-0.25, -0.2) is 4.79 Å². The van der Waals surface area contributed by atoms with Crippen molar-refractivity contribution in [3.05, 3.63) is 35.4 Å². The van der Waals surface area contributed by atoms with E-state index in [4.69, 9.17) is 5.73 Å². The molecule has 2 aliphatic rings. The zero-order valence-electron chi connectivity index (χ0n) is 13.7. The Hall–Kier alpha value is -2.41. The number of carbonyl (C=O) groups excluding carboxylic acids is 3. The molecule has 0 saturated carbocycles. The summed E-state index contributed by atoms with van der Waals surface area (Å²) >= 11 is 0. The van der Waals surface area contributed by atoms with E-state index in [0.29, 0.717) is 17.7 Å². The lowest BCUT2D eigenvalue weighted by Crippen LogP contribution is -2.47. The molecule has 7 heteroatoms. The molecule has 0 aromatic heterocycles. The molecule has 2 heterocycles. The van der Waals surface area contributed by atoms with E-state index in [2.05, 4.69) is 10.6 Å². The first-order valence-corrected chi connectivity index (χ1v) is 8.21. The lowest BCUT2D eigenvalue weighted by atomic mass is 9.91. The first-order chi connectivity index (χ1) is 11.5. The maximum absolute atomic E-state index is 12.7. The van der Waals surface area contributed by atoms with E-state index in [1.165, 1.54) is 0 Å². The van der Waals surface area contributed by atoms with Gasteiger partial charge in [-0.3, -0.25) is 14.9 Å². The van der Waals surface area contributed by atoms with Crippen LogP contribution in [0.2, 0.25) is 0 Å². The summed E-state index contributed by atoms with van der Waals surface area (Å²) in [6.45, 7) is 2.83. The number of piperidine rings is 1. The van der Waals surface area contributed by atoms with Gasteiger partial charge in [0.15, 0.2) is 0 Å². The van der Waals surface area contributed by atoms with Crippen molar-refractivity contribution in [2.45, 2.75) is 37.8 Å². The van der Waals surface area contributed by atoms with E-state index in [9.17, 15) is 14.4 Å². The van der Waals surface area contributed by atoms with Crippen LogP contribution >= 0.6 is 0 Å². The number of nitrogens with one attached hydrogen (secondary N) is 2. The predicted molar refractivity (Wildman–Crippen MR) is 88.2 cm³/mol. The monoisotopic (exact) mass is 330 g/mol. The van der Waals surface area contributed by atoms with Crippen LogP contribution in [0.5, 0.6) is 0 Å². The Balaban J connectivity index is 1.80. The van der Waals surface area contributed by atoms with Crippen molar-refractivity contribution in [3.63, 3.8) is 0 Å². The molecule has 0 radical (unpaired) electrons. The van der Waals surface area contributed by atoms with E-state index in [1.807, 2.05) is 4.90 Å². The molecule has 0 bridgehead atoms. The van der Waals surface area contributed by atoms with Crippen LogP contribution in [0.25, 0.3) is 0 Å². The fourth-order valence-electron chi connectivity index (χ4n) is 3.37. The lowest BCUT2D eigenvalue weighted by Gasteiger charge is -2.35. The third-order valence-electron chi connectivity index (χ3n) is 4.91. The molecule has 1 aromatic rings. The normalized spacial score (nSPS) is 26.9. The first-order valence-electron chi connectivity index (χ1n) is 8.21. The van der Waals surface area contributed by atoms with Crippen LogP contribution in [-0.4, -0.2) is 41.9 Å². The van der Waals surface area contributed by atoms with E-state index < -0.39 is 17.5 Å². The van der Waals surface area contributed by atoms with Crippen molar-refractivity contribution < 1.29 is 14.4 Å². The van der Waals surface area contributed by atoms with Crippen molar-refractivity contribution in [1.82, 2.24) is 15.5 Å². The van der Waals surface area contributed by atoms with Gasteiger partial charge in [-0.2, -0.15) is 0 Å². The van der Waals surface area contributed by atoms with Crippen molar-refractivity contribution in [3.8, 4) is 0 Å². The van der Waals surface area contributed by atoms with Gasteiger partial charge in [0, 0.05) is 24.7 Å². The molecule has 0 unspecified atom stereocenters. The molecule has 2 fully saturated rings. The Labute approximate surface area is 140 Å². The Morgan fingerprint density at radius 3 is 2.58 bits per heavy atom. The van der Waals surface area contributed by atoms with Crippen molar-refractivity contribution in [1.29, 1.82) is 0 Å². The van der Waals surface area contributed by atoms with Gasteiger partial charge in [0.25, 0.3) is 11.8 Å². The summed E-state index contributed by atoms with van der Waals surface area (Å²) < 4.78 is 0. The maximum Gasteiger partial charge on any atom is 0.322 e. The number of imide groups is 1. The predicted octanol–water partition coefficient (Wildman–Crippen LogP) is 0.695. The largest absolute Gasteiger partial charge is 0.334 e. The molecule has 0 spiro atoms. The van der Waals surface area contributed by atoms with E-state index in [0.717, 1.165) is 25.8 Å². The summed E-state index contributed by atoms with van der Waals surface area (Å²) in [5.74, 6) is -0.437. The lowest BCUT2D eigenvalue weighted by molar-refractivity contribution is -0.123. The highest BCUT2D eigenvalue weighted by Crippen LogP contribution is 2.25. The molecule has 2 atom stereocenters. The molecule has 7 nitrogen and oxygen atoms in total. The highest BCUT2D eigenvalue weighted by atomic mass is 16.2. The average Bonchev–Trinajstić information content (AvgIpc) is 2.87. The minimum Gasteiger partial charge on any atom is -0.334 e. The molecular weight excluding hydrogens is 308 g/mol. The maximum atomic E-state index is 12.7. The minimum absolute atomic E-state index is 0.0400. The van der Waals surface area contributed by atoms with Gasteiger partial charge >= 0.3 is 6.03 Å². The number of carbonyl (C=O) groups is 3. The van der Waals surface area contributed by atoms with E-state index >= 15 is 0 Å². The molecular formula is C17H22N4O3. The number of hydrogen-bond donors (Lipinski definition) is 3. The fraction of sp³-hybridized carbons (Fsp3) is 0.471. The molecule has 128 valence electrons. The second kappa shape index (κ2) is 6.24. The highest BCUT2D eigenvalue weighted by Gasteiger charge is 2.43. The quantitative estimate of drug-likeness (QED) is 0.709. The standard InChI is InChI=1S/C17H22N4O3/c1-17(15(23)19-16(24)20-17)12-7-5-11(6-8-12)14(22)21-9-3-2-4-13(21)10-18/h5-8,13H,2-4,9-10,18H2,1H3,(H2,19,20,23,24)/t13-,17-/m1/s1. The molecule has 4 N–H and O–H groups in total. The van der Waals surface area contributed by atoms with Crippen LogP contribution in [0.3, 0.4) is 0 Å². The SMILES string of the molecule is C[C@]1(c2ccc(C(=O)N3CCCC[C@@H]3CN)cc2)NC(=O)NC1=O. The number of hydrogen-bond acceptors (Lipinski definition) is 4. The van der Waals surface area contributed by atoms with Gasteiger partial charge < -0.3 is 16.0 Å². The second-order valence-electron chi connectivity index (χ2n) is 6.49. The summed E-state index contributed by atoms with van der Waals surface area (Å²) in [6.07, 6.45) is 3.02. The number of likely N-dealkylation sites (tertiary alicyclic amines) is 1. The molecule has 3 rings (SSSR count). The third-order valence-corrected chi connectivity index (χ3v) is 4.91. The topological polar surface area (TPSA) is 105 Å². The van der Waals surface area contributed by atoms with E-state index in [-0.39, 0.29) is 11.9 Å². The summed E-state index contributed by atoms with van der Waals surface area (Å²) in [4.78, 5) is 37.9. The number of urea groups is 1. The fourth-order valence-corrected chi connectivity index (χ4v) is 3.37. The smallest absolute Gasteiger partial charge is 0.322 e. The van der Waals surface area contributed by atoms with Crippen LogP contribution in [0.4, 0.5) is 4.79 Å². The zero-order valence-corrected chi connectivity index (χ0v) is 13.7. The average molecular weight is 330 g/mol. The van der Waals surface area contributed by atoms with Gasteiger partial charge in [0.05, 0.1) is 0 Å². The number of rotatable bonds is 3. The summed E-state index contributed by atoms with van der Waals surface area (Å²) in [5.41, 5.74) is 5.87. The number of amides is 4. The van der Waals surface area contributed by atoms with Crippen molar-refractivity contribution in [2.24, 2.45) is 5.73 Å². The summed E-state index contributed by atoms with van der Waals surface area (Å²) in [7, 11) is 0. The number of benzene rings is 1. The molecule has 4 amide bonds.